The van der Waals surface area contributed by atoms with Gasteiger partial charge in [0.25, 0.3) is 5.91 Å². The van der Waals surface area contributed by atoms with Crippen LogP contribution in [0.5, 0.6) is 0 Å². The molecule has 0 heterocycles. The van der Waals surface area contributed by atoms with Crippen LogP contribution in [0, 0.1) is 11.6 Å². The van der Waals surface area contributed by atoms with Gasteiger partial charge in [0.15, 0.2) is 0 Å². The first-order valence-electron chi connectivity index (χ1n) is 5.75. The van der Waals surface area contributed by atoms with Crippen LogP contribution in [0.4, 0.5) is 20.2 Å². The van der Waals surface area contributed by atoms with Gasteiger partial charge in [-0.15, -0.1) is 0 Å². The zero-order valence-electron chi connectivity index (χ0n) is 10.5. The molecule has 20 heavy (non-hydrogen) atoms. The second-order valence-corrected chi connectivity index (χ2v) is 4.85. The molecular formula is C14H11BrF2N2O. The number of nitrogens with one attached hydrogen (secondary N) is 2. The van der Waals surface area contributed by atoms with E-state index in [-0.39, 0.29) is 16.9 Å². The number of anilines is 2. The van der Waals surface area contributed by atoms with Gasteiger partial charge in [-0.2, -0.15) is 0 Å². The minimum Gasteiger partial charge on any atom is -0.385 e. The van der Waals surface area contributed by atoms with Crippen molar-refractivity contribution in [3.05, 3.63) is 58.1 Å². The molecule has 0 aliphatic carbocycles. The first-order chi connectivity index (χ1) is 9.52. The van der Waals surface area contributed by atoms with Crippen LogP contribution in [0.3, 0.4) is 0 Å². The molecule has 0 radical (unpaired) electrons. The quantitative estimate of drug-likeness (QED) is 0.885. The van der Waals surface area contributed by atoms with Crippen molar-refractivity contribution in [3.8, 4) is 0 Å². The molecule has 2 aromatic rings. The van der Waals surface area contributed by atoms with Gasteiger partial charge in [0.05, 0.1) is 16.9 Å². The van der Waals surface area contributed by atoms with E-state index in [1.807, 2.05) is 0 Å². The molecular weight excluding hydrogens is 330 g/mol. The lowest BCUT2D eigenvalue weighted by atomic mass is 10.1. The van der Waals surface area contributed by atoms with Crippen LogP contribution in [-0.2, 0) is 0 Å². The Labute approximate surface area is 123 Å². The first kappa shape index (κ1) is 14.5. The van der Waals surface area contributed by atoms with Crippen molar-refractivity contribution in [1.82, 2.24) is 0 Å². The van der Waals surface area contributed by atoms with Crippen LogP contribution in [0.15, 0.2) is 40.9 Å². The van der Waals surface area contributed by atoms with E-state index >= 15 is 0 Å². The summed E-state index contributed by atoms with van der Waals surface area (Å²) >= 11 is 3.21. The normalized spacial score (nSPS) is 10.2. The number of hydrogen-bond donors (Lipinski definition) is 2. The van der Waals surface area contributed by atoms with Crippen molar-refractivity contribution < 1.29 is 13.6 Å². The predicted octanol–water partition coefficient (Wildman–Crippen LogP) is 4.02. The number of hydrogen-bond acceptors (Lipinski definition) is 2. The van der Waals surface area contributed by atoms with Crippen molar-refractivity contribution in [2.45, 2.75) is 0 Å². The lowest BCUT2D eigenvalue weighted by molar-refractivity contribution is 0.102. The van der Waals surface area contributed by atoms with Crippen LogP contribution in [0.25, 0.3) is 0 Å². The van der Waals surface area contributed by atoms with Crippen molar-refractivity contribution >= 4 is 33.2 Å². The molecule has 0 aliphatic rings. The number of carbonyl (C=O) groups is 1. The zero-order chi connectivity index (χ0) is 14.7. The fourth-order valence-electron chi connectivity index (χ4n) is 1.75. The van der Waals surface area contributed by atoms with Crippen LogP contribution in [-0.4, -0.2) is 13.0 Å². The summed E-state index contributed by atoms with van der Waals surface area (Å²) in [7, 11) is 1.52. The lowest BCUT2D eigenvalue weighted by Crippen LogP contribution is -2.15. The summed E-state index contributed by atoms with van der Waals surface area (Å²) in [6, 6.07) is 8.10. The maximum absolute atomic E-state index is 13.6. The SMILES string of the molecule is CNc1c(F)cccc1C(=O)Nc1cc(F)ccc1Br. The number of benzene rings is 2. The zero-order valence-corrected chi connectivity index (χ0v) is 12.1. The van der Waals surface area contributed by atoms with Gasteiger partial charge < -0.3 is 10.6 Å². The number of para-hydroxylation sites is 1. The van der Waals surface area contributed by atoms with E-state index in [1.165, 1.54) is 43.4 Å². The van der Waals surface area contributed by atoms with E-state index in [1.54, 1.807) is 0 Å². The van der Waals surface area contributed by atoms with E-state index in [0.29, 0.717) is 4.47 Å². The van der Waals surface area contributed by atoms with E-state index < -0.39 is 17.5 Å². The number of halogens is 3. The Bertz CT molecular complexity index is 662. The van der Waals surface area contributed by atoms with E-state index in [2.05, 4.69) is 26.6 Å². The Balaban J connectivity index is 2.33. The Morgan fingerprint density at radius 1 is 1.20 bits per heavy atom. The van der Waals surface area contributed by atoms with Gasteiger partial charge in [0, 0.05) is 11.5 Å². The van der Waals surface area contributed by atoms with Crippen LogP contribution in [0.1, 0.15) is 10.4 Å². The van der Waals surface area contributed by atoms with E-state index in [0.717, 1.165) is 0 Å². The van der Waals surface area contributed by atoms with Crippen molar-refractivity contribution in [2.75, 3.05) is 17.7 Å². The fourth-order valence-corrected chi connectivity index (χ4v) is 2.10. The third-order valence-corrected chi connectivity index (χ3v) is 3.38. The third kappa shape index (κ3) is 2.96. The summed E-state index contributed by atoms with van der Waals surface area (Å²) in [4.78, 5) is 12.1. The molecule has 2 rings (SSSR count). The molecule has 0 aromatic heterocycles. The second-order valence-electron chi connectivity index (χ2n) is 3.99. The molecule has 0 spiro atoms. The van der Waals surface area contributed by atoms with Crippen LogP contribution < -0.4 is 10.6 Å². The summed E-state index contributed by atoms with van der Waals surface area (Å²) in [5.74, 6) is -1.53. The van der Waals surface area contributed by atoms with Crippen molar-refractivity contribution in [1.29, 1.82) is 0 Å². The Hall–Kier alpha value is -1.95. The minimum atomic E-state index is -0.529. The second kappa shape index (κ2) is 6.00. The highest BCUT2D eigenvalue weighted by Gasteiger charge is 2.15. The maximum atomic E-state index is 13.6. The van der Waals surface area contributed by atoms with Crippen molar-refractivity contribution in [2.24, 2.45) is 0 Å². The number of amides is 1. The molecule has 0 fully saturated rings. The average molecular weight is 341 g/mol. The number of rotatable bonds is 3. The summed E-state index contributed by atoms with van der Waals surface area (Å²) in [5, 5.41) is 5.17. The number of carbonyl (C=O) groups excluding carboxylic acids is 1. The van der Waals surface area contributed by atoms with Gasteiger partial charge >= 0.3 is 0 Å². The molecule has 0 saturated heterocycles. The van der Waals surface area contributed by atoms with Gasteiger partial charge in [-0.05, 0) is 46.3 Å². The van der Waals surface area contributed by atoms with Gasteiger partial charge in [-0.3, -0.25) is 4.79 Å². The average Bonchev–Trinajstić information content (AvgIpc) is 2.42. The highest BCUT2D eigenvalue weighted by Crippen LogP contribution is 2.25. The molecule has 0 bridgehead atoms. The smallest absolute Gasteiger partial charge is 0.257 e. The molecule has 0 unspecified atom stereocenters. The van der Waals surface area contributed by atoms with Gasteiger partial charge in [-0.1, -0.05) is 6.07 Å². The molecule has 104 valence electrons. The minimum absolute atomic E-state index is 0.0949. The monoisotopic (exact) mass is 340 g/mol. The van der Waals surface area contributed by atoms with Crippen molar-refractivity contribution in [3.63, 3.8) is 0 Å². The fraction of sp³-hybridized carbons (Fsp3) is 0.0714. The summed E-state index contributed by atoms with van der Waals surface area (Å²) < 4.78 is 27.3. The van der Waals surface area contributed by atoms with Gasteiger partial charge in [0.1, 0.15) is 11.6 Å². The summed E-state index contributed by atoms with van der Waals surface area (Å²) in [5.41, 5.74) is 0.516. The van der Waals surface area contributed by atoms with Gasteiger partial charge in [0.2, 0.25) is 0 Å². The van der Waals surface area contributed by atoms with E-state index in [4.69, 9.17) is 0 Å². The van der Waals surface area contributed by atoms with Crippen LogP contribution in [0.2, 0.25) is 0 Å². The molecule has 6 heteroatoms. The van der Waals surface area contributed by atoms with Gasteiger partial charge in [-0.25, -0.2) is 8.78 Å². The molecule has 2 N–H and O–H groups in total. The standard InChI is InChI=1S/C14H11BrF2N2O/c1-18-13-9(3-2-4-11(13)17)14(20)19-12-7-8(16)5-6-10(12)15/h2-7,18H,1H3,(H,19,20). The molecule has 2 aromatic carbocycles. The first-order valence-corrected chi connectivity index (χ1v) is 6.55. The summed E-state index contributed by atoms with van der Waals surface area (Å²) in [6.07, 6.45) is 0. The Morgan fingerprint density at radius 2 is 1.95 bits per heavy atom. The molecule has 0 aliphatic heterocycles. The Morgan fingerprint density at radius 3 is 2.65 bits per heavy atom. The Kier molecular flexibility index (Phi) is 4.34. The topological polar surface area (TPSA) is 41.1 Å². The molecule has 1 amide bonds. The molecule has 0 atom stereocenters. The maximum Gasteiger partial charge on any atom is 0.257 e. The molecule has 3 nitrogen and oxygen atoms in total. The highest BCUT2D eigenvalue weighted by atomic mass is 79.9. The molecule has 0 saturated carbocycles. The third-order valence-electron chi connectivity index (χ3n) is 2.68. The largest absolute Gasteiger partial charge is 0.385 e. The summed E-state index contributed by atoms with van der Waals surface area (Å²) in [6.45, 7) is 0. The predicted molar refractivity (Wildman–Crippen MR) is 78.0 cm³/mol. The lowest BCUT2D eigenvalue weighted by Gasteiger charge is -2.11. The van der Waals surface area contributed by atoms with Crippen LogP contribution >= 0.6 is 15.9 Å². The highest BCUT2D eigenvalue weighted by molar-refractivity contribution is 9.10. The van der Waals surface area contributed by atoms with E-state index in [9.17, 15) is 13.6 Å².